The molecule has 0 bridgehead atoms. The number of hydrogen-bond acceptors (Lipinski definition) is 3. The monoisotopic (exact) mass is 298 g/mol. The Labute approximate surface area is 132 Å². The van der Waals surface area contributed by atoms with E-state index >= 15 is 0 Å². The molecule has 0 spiro atoms. The van der Waals surface area contributed by atoms with Gasteiger partial charge in [0, 0.05) is 19.1 Å². The van der Waals surface area contributed by atoms with E-state index < -0.39 is 0 Å². The maximum atomic E-state index is 5.68. The van der Waals surface area contributed by atoms with Crippen molar-refractivity contribution in [3.05, 3.63) is 0 Å². The molecule has 0 aliphatic heterocycles. The Kier molecular flexibility index (Phi) is 8.84. The zero-order chi connectivity index (χ0) is 15.8. The van der Waals surface area contributed by atoms with Crippen molar-refractivity contribution in [1.29, 1.82) is 0 Å². The Morgan fingerprint density at radius 2 is 1.90 bits per heavy atom. The molecule has 0 amide bonds. The smallest absolute Gasteiger partial charge is 0.0596 e. The van der Waals surface area contributed by atoms with Crippen molar-refractivity contribution in [2.45, 2.75) is 66.0 Å². The van der Waals surface area contributed by atoms with Crippen LogP contribution >= 0.6 is 0 Å². The molecule has 3 unspecified atom stereocenters. The highest BCUT2D eigenvalue weighted by Crippen LogP contribution is 2.34. The fourth-order valence-electron chi connectivity index (χ4n) is 3.57. The van der Waals surface area contributed by atoms with Gasteiger partial charge in [0.05, 0.1) is 12.7 Å². The van der Waals surface area contributed by atoms with Gasteiger partial charge < -0.3 is 15.0 Å². The van der Waals surface area contributed by atoms with Gasteiger partial charge in [0.15, 0.2) is 0 Å². The second-order valence-corrected chi connectivity index (χ2v) is 7.42. The molecular weight excluding hydrogens is 260 g/mol. The third-order valence-corrected chi connectivity index (χ3v) is 4.90. The van der Waals surface area contributed by atoms with E-state index in [0.717, 1.165) is 37.5 Å². The van der Waals surface area contributed by atoms with Crippen molar-refractivity contribution in [3.8, 4) is 0 Å². The molecule has 1 N–H and O–H groups in total. The Balaban J connectivity index is 2.45. The summed E-state index contributed by atoms with van der Waals surface area (Å²) >= 11 is 0. The molecule has 0 aromatic heterocycles. The molecule has 1 rings (SSSR count). The van der Waals surface area contributed by atoms with Gasteiger partial charge >= 0.3 is 0 Å². The topological polar surface area (TPSA) is 24.5 Å². The molecule has 126 valence electrons. The Morgan fingerprint density at radius 3 is 2.48 bits per heavy atom. The minimum absolute atomic E-state index is 0.341. The van der Waals surface area contributed by atoms with Gasteiger partial charge in [-0.25, -0.2) is 0 Å². The minimum atomic E-state index is 0.341. The molecule has 1 saturated carbocycles. The second kappa shape index (κ2) is 9.81. The van der Waals surface area contributed by atoms with Crippen LogP contribution in [0.3, 0.4) is 0 Å². The van der Waals surface area contributed by atoms with Crippen LogP contribution in [0.15, 0.2) is 0 Å². The van der Waals surface area contributed by atoms with E-state index in [-0.39, 0.29) is 0 Å². The molecule has 1 aliphatic rings. The third-order valence-electron chi connectivity index (χ3n) is 4.90. The number of rotatable bonds is 9. The van der Waals surface area contributed by atoms with Crippen molar-refractivity contribution in [3.63, 3.8) is 0 Å². The molecule has 3 heteroatoms. The van der Waals surface area contributed by atoms with Crippen LogP contribution in [-0.4, -0.2) is 50.3 Å². The van der Waals surface area contributed by atoms with E-state index in [1.807, 2.05) is 0 Å². The molecule has 0 heterocycles. The number of likely N-dealkylation sites (N-methyl/N-ethyl adjacent to an activating group) is 1. The lowest BCUT2D eigenvalue weighted by Crippen LogP contribution is -2.46. The highest BCUT2D eigenvalue weighted by atomic mass is 16.5. The van der Waals surface area contributed by atoms with Crippen LogP contribution < -0.4 is 5.32 Å². The summed E-state index contributed by atoms with van der Waals surface area (Å²) in [5.41, 5.74) is 0. The lowest BCUT2D eigenvalue weighted by molar-refractivity contribution is 0.0549. The van der Waals surface area contributed by atoms with Crippen LogP contribution in [-0.2, 0) is 4.74 Å². The molecule has 3 nitrogen and oxygen atoms in total. The maximum Gasteiger partial charge on any atom is 0.0596 e. The standard InChI is InChI=1S/C18H38N2O/c1-7-19-18-9-8-16(14(2)3)12-17(18)13-20(6)10-11-21-15(4)5/h14-19H,7-13H2,1-6H3. The van der Waals surface area contributed by atoms with Crippen LogP contribution in [0.25, 0.3) is 0 Å². The first-order valence-electron chi connectivity index (χ1n) is 8.97. The van der Waals surface area contributed by atoms with Crippen LogP contribution in [0.5, 0.6) is 0 Å². The molecule has 0 aromatic carbocycles. The zero-order valence-electron chi connectivity index (χ0n) is 15.2. The maximum absolute atomic E-state index is 5.68. The highest BCUT2D eigenvalue weighted by Gasteiger charge is 2.31. The fraction of sp³-hybridized carbons (Fsp3) is 1.00. The highest BCUT2D eigenvalue weighted by molar-refractivity contribution is 4.87. The van der Waals surface area contributed by atoms with Crippen LogP contribution in [0.4, 0.5) is 0 Å². The summed E-state index contributed by atoms with van der Waals surface area (Å²) in [5.74, 6) is 2.52. The predicted molar refractivity (Wildman–Crippen MR) is 91.7 cm³/mol. The first kappa shape index (κ1) is 18.9. The van der Waals surface area contributed by atoms with E-state index in [0.29, 0.717) is 12.1 Å². The normalized spacial score (nSPS) is 27.0. The van der Waals surface area contributed by atoms with Gasteiger partial charge in [0.2, 0.25) is 0 Å². The average molecular weight is 299 g/mol. The number of ether oxygens (including phenoxy) is 1. The van der Waals surface area contributed by atoms with Crippen LogP contribution in [0.1, 0.15) is 53.9 Å². The number of hydrogen-bond donors (Lipinski definition) is 1. The summed E-state index contributed by atoms with van der Waals surface area (Å²) in [7, 11) is 2.24. The summed E-state index contributed by atoms with van der Waals surface area (Å²) < 4.78 is 5.68. The lowest BCUT2D eigenvalue weighted by atomic mass is 9.73. The third kappa shape index (κ3) is 7.12. The summed E-state index contributed by atoms with van der Waals surface area (Å²) in [4.78, 5) is 2.46. The minimum Gasteiger partial charge on any atom is -0.377 e. The Morgan fingerprint density at radius 1 is 1.19 bits per heavy atom. The van der Waals surface area contributed by atoms with Crippen LogP contribution in [0, 0.1) is 17.8 Å². The van der Waals surface area contributed by atoms with Gasteiger partial charge in [-0.3, -0.25) is 0 Å². The molecule has 21 heavy (non-hydrogen) atoms. The molecule has 3 atom stereocenters. The summed E-state index contributed by atoms with van der Waals surface area (Å²) in [5, 5.41) is 3.72. The molecule has 1 fully saturated rings. The first-order chi connectivity index (χ1) is 9.93. The van der Waals surface area contributed by atoms with Gasteiger partial charge in [-0.2, -0.15) is 0 Å². The van der Waals surface area contributed by atoms with E-state index in [1.165, 1.54) is 25.8 Å². The molecule has 1 aliphatic carbocycles. The van der Waals surface area contributed by atoms with Crippen molar-refractivity contribution < 1.29 is 4.74 Å². The van der Waals surface area contributed by atoms with E-state index in [2.05, 4.69) is 51.9 Å². The van der Waals surface area contributed by atoms with Gasteiger partial charge in [0.1, 0.15) is 0 Å². The molecular formula is C18H38N2O. The molecule has 0 aromatic rings. The Bertz CT molecular complexity index is 268. The van der Waals surface area contributed by atoms with Crippen molar-refractivity contribution in [2.24, 2.45) is 17.8 Å². The van der Waals surface area contributed by atoms with Gasteiger partial charge in [-0.05, 0) is 64.5 Å². The van der Waals surface area contributed by atoms with Gasteiger partial charge in [-0.15, -0.1) is 0 Å². The SMILES string of the molecule is CCNC1CCC(C(C)C)CC1CN(C)CCOC(C)C. The second-order valence-electron chi connectivity index (χ2n) is 7.42. The van der Waals surface area contributed by atoms with E-state index in [4.69, 9.17) is 4.74 Å². The largest absolute Gasteiger partial charge is 0.377 e. The summed E-state index contributed by atoms with van der Waals surface area (Å²) in [6.45, 7) is 15.4. The predicted octanol–water partition coefficient (Wildman–Crippen LogP) is 3.39. The molecule has 0 radical (unpaired) electrons. The lowest BCUT2D eigenvalue weighted by Gasteiger charge is -2.40. The summed E-state index contributed by atoms with van der Waals surface area (Å²) in [6, 6.07) is 0.707. The van der Waals surface area contributed by atoms with Crippen LogP contribution in [0.2, 0.25) is 0 Å². The van der Waals surface area contributed by atoms with Gasteiger partial charge in [0.25, 0.3) is 0 Å². The molecule has 0 saturated heterocycles. The average Bonchev–Trinajstić information content (AvgIpc) is 2.40. The fourth-order valence-corrected chi connectivity index (χ4v) is 3.57. The quantitative estimate of drug-likeness (QED) is 0.706. The van der Waals surface area contributed by atoms with Crippen molar-refractivity contribution in [1.82, 2.24) is 10.2 Å². The van der Waals surface area contributed by atoms with Gasteiger partial charge in [-0.1, -0.05) is 20.8 Å². The summed E-state index contributed by atoms with van der Waals surface area (Å²) in [6.07, 6.45) is 4.46. The van der Waals surface area contributed by atoms with Crippen molar-refractivity contribution in [2.75, 3.05) is 33.3 Å². The number of nitrogens with one attached hydrogen (secondary N) is 1. The van der Waals surface area contributed by atoms with Crippen molar-refractivity contribution >= 4 is 0 Å². The van der Waals surface area contributed by atoms with E-state index in [1.54, 1.807) is 0 Å². The van der Waals surface area contributed by atoms with E-state index in [9.17, 15) is 0 Å². The Hall–Kier alpha value is -0.120. The number of nitrogens with zero attached hydrogens (tertiary/aromatic N) is 1. The zero-order valence-corrected chi connectivity index (χ0v) is 15.2. The first-order valence-corrected chi connectivity index (χ1v) is 8.97.